The van der Waals surface area contributed by atoms with Crippen molar-refractivity contribution in [1.82, 2.24) is 19.6 Å². The van der Waals surface area contributed by atoms with Gasteiger partial charge in [-0.05, 0) is 52.7 Å². The van der Waals surface area contributed by atoms with Gasteiger partial charge < -0.3 is 15.3 Å². The van der Waals surface area contributed by atoms with Gasteiger partial charge in [-0.25, -0.2) is 0 Å². The van der Waals surface area contributed by atoms with Crippen LogP contribution in [-0.2, 0) is 6.54 Å². The summed E-state index contributed by atoms with van der Waals surface area (Å²) in [5.74, 6) is -0.453. The van der Waals surface area contributed by atoms with Gasteiger partial charge >= 0.3 is 5.82 Å². The average molecular weight is 408 g/mol. The first-order chi connectivity index (χ1) is 14.5. The zero-order valence-electron chi connectivity index (χ0n) is 16.8. The van der Waals surface area contributed by atoms with Gasteiger partial charge in [-0.3, -0.25) is 9.89 Å². The van der Waals surface area contributed by atoms with Crippen LogP contribution in [0.3, 0.4) is 0 Å². The van der Waals surface area contributed by atoms with Crippen LogP contribution in [0, 0.1) is 17.0 Å². The first kappa shape index (κ1) is 19.8. The van der Waals surface area contributed by atoms with E-state index >= 15 is 0 Å². The Morgan fingerprint density at radius 2 is 1.90 bits per heavy atom. The van der Waals surface area contributed by atoms with E-state index in [-0.39, 0.29) is 11.5 Å². The lowest BCUT2D eigenvalue weighted by atomic mass is 10.0. The number of likely N-dealkylation sites (tertiary alicyclic amines) is 1. The van der Waals surface area contributed by atoms with Gasteiger partial charge in [-0.15, -0.1) is 0 Å². The van der Waals surface area contributed by atoms with Gasteiger partial charge in [0.25, 0.3) is 5.49 Å². The molecule has 1 aromatic heterocycles. The van der Waals surface area contributed by atoms with Gasteiger partial charge in [0.15, 0.2) is 0 Å². The second-order valence-corrected chi connectivity index (χ2v) is 7.54. The smallest absolute Gasteiger partial charge is 0.409 e. The summed E-state index contributed by atoms with van der Waals surface area (Å²) in [5.41, 5.74) is 2.62. The summed E-state index contributed by atoms with van der Waals surface area (Å²) in [6, 6.07) is 17.4. The van der Waals surface area contributed by atoms with E-state index in [4.69, 9.17) is 0 Å². The molecule has 2 heterocycles. The van der Waals surface area contributed by atoms with Crippen molar-refractivity contribution in [2.24, 2.45) is 4.99 Å². The normalized spacial score (nSPS) is 16.1. The number of aromatic nitrogens is 3. The molecule has 1 N–H and O–H groups in total. The zero-order valence-corrected chi connectivity index (χ0v) is 16.8. The van der Waals surface area contributed by atoms with E-state index in [2.05, 4.69) is 27.1 Å². The molecule has 0 radical (unpaired) electrons. The van der Waals surface area contributed by atoms with Gasteiger partial charge in [0, 0.05) is 19.6 Å². The van der Waals surface area contributed by atoms with Crippen molar-refractivity contribution in [2.75, 3.05) is 13.1 Å². The molecule has 1 aliphatic rings. The fraction of sp³-hybridized carbons (Fsp3) is 0.333. The van der Waals surface area contributed by atoms with Crippen molar-refractivity contribution < 1.29 is 10.1 Å². The molecule has 0 spiro atoms. The Labute approximate surface area is 173 Å². The number of aryl methyl sites for hydroxylation is 1. The topological polar surface area (TPSA) is 102 Å². The van der Waals surface area contributed by atoms with E-state index in [0.717, 1.165) is 42.8 Å². The minimum Gasteiger partial charge on any atom is -0.409 e. The molecular weight excluding hydrogens is 384 g/mol. The van der Waals surface area contributed by atoms with Crippen LogP contribution in [0.15, 0.2) is 59.6 Å². The second kappa shape index (κ2) is 8.50. The van der Waals surface area contributed by atoms with Crippen molar-refractivity contribution in [3.05, 3.63) is 81.3 Å². The summed E-state index contributed by atoms with van der Waals surface area (Å²) in [7, 11) is 0. The molecule has 0 unspecified atom stereocenters. The van der Waals surface area contributed by atoms with Crippen LogP contribution in [0.25, 0.3) is 5.69 Å². The lowest BCUT2D eigenvalue weighted by Gasteiger charge is -2.29. The summed E-state index contributed by atoms with van der Waals surface area (Å²) in [6.07, 6.45) is 1.53. The summed E-state index contributed by atoms with van der Waals surface area (Å²) in [4.78, 5) is 19.5. The Morgan fingerprint density at radius 3 is 2.57 bits per heavy atom. The Kier molecular flexibility index (Phi) is 5.62. The molecule has 9 heteroatoms. The molecule has 0 saturated carbocycles. The van der Waals surface area contributed by atoms with Crippen molar-refractivity contribution in [2.45, 2.75) is 32.4 Å². The summed E-state index contributed by atoms with van der Waals surface area (Å²) in [5, 5.41) is 26.1. The number of hydrogen-bond donors (Lipinski definition) is 1. The highest BCUT2D eigenvalue weighted by atomic mass is 16.6. The standard InChI is InChI=1S/C21H24N6O3/c1-16-6-5-9-19(14-16)25-23-21(27(29)30)20(26(25)28)22-18-10-12-24(13-11-18)15-17-7-3-2-4-8-17/h2-9,14,18,28H,10-13,15H2,1H3. The minimum absolute atomic E-state index is 0.107. The molecule has 0 atom stereocenters. The van der Waals surface area contributed by atoms with Gasteiger partial charge in [-0.2, -0.15) is 0 Å². The largest absolute Gasteiger partial charge is 0.438 e. The van der Waals surface area contributed by atoms with Crippen LogP contribution in [0.2, 0.25) is 0 Å². The number of nitro groups is 1. The van der Waals surface area contributed by atoms with E-state index < -0.39 is 10.7 Å². The van der Waals surface area contributed by atoms with E-state index in [1.165, 1.54) is 5.56 Å². The maximum atomic E-state index is 11.5. The molecule has 0 bridgehead atoms. The lowest BCUT2D eigenvalue weighted by molar-refractivity contribution is -0.391. The van der Waals surface area contributed by atoms with Crippen LogP contribution in [0.1, 0.15) is 24.0 Å². The molecule has 1 saturated heterocycles. The first-order valence-electron chi connectivity index (χ1n) is 9.94. The van der Waals surface area contributed by atoms with Crippen molar-refractivity contribution in [1.29, 1.82) is 0 Å². The van der Waals surface area contributed by atoms with Crippen molar-refractivity contribution in [3.63, 3.8) is 0 Å². The quantitative estimate of drug-likeness (QED) is 0.397. The van der Waals surface area contributed by atoms with E-state index in [9.17, 15) is 15.3 Å². The van der Waals surface area contributed by atoms with Gasteiger partial charge in [0.1, 0.15) is 5.69 Å². The number of piperidine rings is 1. The summed E-state index contributed by atoms with van der Waals surface area (Å²) in [6.45, 7) is 4.46. The average Bonchev–Trinajstić information content (AvgIpc) is 3.07. The Bertz CT molecular complexity index is 1100. The van der Waals surface area contributed by atoms with Crippen LogP contribution >= 0.6 is 0 Å². The third-order valence-electron chi connectivity index (χ3n) is 5.27. The summed E-state index contributed by atoms with van der Waals surface area (Å²) < 4.78 is 0. The lowest BCUT2D eigenvalue weighted by Crippen LogP contribution is -2.36. The van der Waals surface area contributed by atoms with Gasteiger partial charge in [0.2, 0.25) is 0 Å². The predicted octanol–water partition coefficient (Wildman–Crippen LogP) is 2.69. The fourth-order valence-corrected chi connectivity index (χ4v) is 3.72. The maximum absolute atomic E-state index is 11.5. The maximum Gasteiger partial charge on any atom is 0.438 e. The zero-order chi connectivity index (χ0) is 21.1. The van der Waals surface area contributed by atoms with Crippen LogP contribution in [0.5, 0.6) is 0 Å². The van der Waals surface area contributed by atoms with Crippen LogP contribution in [-0.4, -0.2) is 48.9 Å². The molecule has 0 amide bonds. The molecule has 3 aromatic rings. The molecule has 156 valence electrons. The van der Waals surface area contributed by atoms with Gasteiger partial charge in [-0.1, -0.05) is 47.3 Å². The third-order valence-corrected chi connectivity index (χ3v) is 5.27. The Morgan fingerprint density at radius 1 is 1.17 bits per heavy atom. The molecule has 1 aliphatic heterocycles. The SMILES string of the molecule is Cc1cccc(-n2nc([N+](=O)[O-])c(=NC3CCN(Cc4ccccc4)CC3)n2O)c1. The number of benzene rings is 2. The monoisotopic (exact) mass is 408 g/mol. The van der Waals surface area contributed by atoms with Crippen molar-refractivity contribution in [3.8, 4) is 5.69 Å². The van der Waals surface area contributed by atoms with Gasteiger partial charge in [0.05, 0.1) is 11.1 Å². The molecule has 4 rings (SSSR count). The highest BCUT2D eigenvalue weighted by Crippen LogP contribution is 2.17. The molecule has 30 heavy (non-hydrogen) atoms. The highest BCUT2D eigenvalue weighted by Gasteiger charge is 2.26. The van der Waals surface area contributed by atoms with Crippen LogP contribution in [0.4, 0.5) is 5.82 Å². The predicted molar refractivity (Wildman–Crippen MR) is 110 cm³/mol. The first-order valence-corrected chi connectivity index (χ1v) is 9.94. The number of rotatable bonds is 5. The Balaban J connectivity index is 1.55. The van der Waals surface area contributed by atoms with E-state index in [0.29, 0.717) is 10.5 Å². The fourth-order valence-electron chi connectivity index (χ4n) is 3.72. The molecule has 0 aliphatic carbocycles. The molecule has 2 aromatic carbocycles. The highest BCUT2D eigenvalue weighted by molar-refractivity contribution is 5.34. The molecule has 1 fully saturated rings. The molecule has 9 nitrogen and oxygen atoms in total. The van der Waals surface area contributed by atoms with E-state index in [1.54, 1.807) is 18.2 Å². The molecular formula is C21H24N6O3. The van der Waals surface area contributed by atoms with Crippen molar-refractivity contribution >= 4 is 5.82 Å². The second-order valence-electron chi connectivity index (χ2n) is 7.54. The van der Waals surface area contributed by atoms with E-state index in [1.807, 2.05) is 31.2 Å². The van der Waals surface area contributed by atoms with Crippen LogP contribution < -0.4 is 5.49 Å². The number of hydrogen-bond acceptors (Lipinski definition) is 6. The minimum atomic E-state index is -0.609. The number of nitrogens with zero attached hydrogens (tertiary/aromatic N) is 6. The summed E-state index contributed by atoms with van der Waals surface area (Å²) >= 11 is 0. The Hall–Kier alpha value is -3.46. The third kappa shape index (κ3) is 4.25.